The molecule has 0 bridgehead atoms. The summed E-state index contributed by atoms with van der Waals surface area (Å²) in [5, 5.41) is 7.25. The van der Waals surface area contributed by atoms with E-state index in [-0.39, 0.29) is 11.8 Å². The van der Waals surface area contributed by atoms with Crippen molar-refractivity contribution in [3.63, 3.8) is 0 Å². The topological polar surface area (TPSA) is 66.7 Å². The lowest BCUT2D eigenvalue weighted by atomic mass is 9.99. The van der Waals surface area contributed by atoms with Crippen molar-refractivity contribution >= 4 is 17.3 Å². The third kappa shape index (κ3) is 3.76. The Morgan fingerprint density at radius 3 is 2.82 bits per heavy atom. The number of hydrogen-bond acceptors (Lipinski definition) is 3. The molecule has 1 aromatic carbocycles. The van der Waals surface area contributed by atoms with Crippen molar-refractivity contribution in [3.8, 4) is 0 Å². The summed E-state index contributed by atoms with van der Waals surface area (Å²) in [6, 6.07) is 13.0. The largest absolute Gasteiger partial charge is 0.348 e. The molecule has 6 nitrogen and oxygen atoms in total. The van der Waals surface area contributed by atoms with Crippen molar-refractivity contribution in [1.29, 1.82) is 0 Å². The average molecular weight is 376 g/mol. The second kappa shape index (κ2) is 7.84. The van der Waals surface area contributed by atoms with Crippen LogP contribution in [-0.2, 0) is 6.54 Å². The molecule has 1 N–H and O–H groups in total. The predicted molar refractivity (Wildman–Crippen MR) is 107 cm³/mol. The zero-order valence-electron chi connectivity index (χ0n) is 16.0. The van der Waals surface area contributed by atoms with Gasteiger partial charge < -0.3 is 10.2 Å². The van der Waals surface area contributed by atoms with Crippen LogP contribution in [0.5, 0.6) is 0 Å². The van der Waals surface area contributed by atoms with Crippen LogP contribution in [0.2, 0.25) is 0 Å². The quantitative estimate of drug-likeness (QED) is 0.761. The molecular formula is C22H24N4O2. The van der Waals surface area contributed by atoms with Crippen molar-refractivity contribution in [2.45, 2.75) is 26.3 Å². The predicted octanol–water partition coefficient (Wildman–Crippen LogP) is 3.14. The fourth-order valence-corrected chi connectivity index (χ4v) is 3.72. The van der Waals surface area contributed by atoms with Crippen molar-refractivity contribution < 1.29 is 9.59 Å². The van der Waals surface area contributed by atoms with E-state index in [4.69, 9.17) is 0 Å². The van der Waals surface area contributed by atoms with Gasteiger partial charge in [0.15, 0.2) is 0 Å². The van der Waals surface area contributed by atoms with Gasteiger partial charge in [0, 0.05) is 31.4 Å². The molecule has 1 atom stereocenters. The van der Waals surface area contributed by atoms with Crippen LogP contribution < -0.4 is 5.32 Å². The van der Waals surface area contributed by atoms with Crippen LogP contribution in [0.3, 0.4) is 0 Å². The minimum Gasteiger partial charge on any atom is -0.348 e. The molecule has 1 fully saturated rings. The maximum Gasteiger partial charge on any atom is 0.257 e. The molecule has 6 heteroatoms. The second-order valence-corrected chi connectivity index (χ2v) is 7.47. The van der Waals surface area contributed by atoms with E-state index in [1.807, 2.05) is 41.4 Å². The Hall–Kier alpha value is -3.15. The van der Waals surface area contributed by atoms with E-state index in [9.17, 15) is 9.59 Å². The molecule has 3 heterocycles. The first-order chi connectivity index (χ1) is 13.6. The number of rotatable bonds is 4. The van der Waals surface area contributed by atoms with Crippen molar-refractivity contribution in [3.05, 3.63) is 71.5 Å². The van der Waals surface area contributed by atoms with Crippen molar-refractivity contribution in [2.24, 2.45) is 5.92 Å². The summed E-state index contributed by atoms with van der Waals surface area (Å²) < 4.78 is 1.71. The first-order valence-corrected chi connectivity index (χ1v) is 9.70. The van der Waals surface area contributed by atoms with Gasteiger partial charge in [0.2, 0.25) is 0 Å². The van der Waals surface area contributed by atoms with E-state index in [0.29, 0.717) is 23.6 Å². The summed E-state index contributed by atoms with van der Waals surface area (Å²) in [6.07, 6.45) is 5.69. The molecule has 0 aliphatic carbocycles. The Bertz CT molecular complexity index is 996. The SMILES string of the molecule is CC1CCCN(C(=O)c2cnn3ccc(CNC(=O)c4ccccc4)cc23)C1. The van der Waals surface area contributed by atoms with E-state index in [0.717, 1.165) is 30.6 Å². The normalized spacial score (nSPS) is 16.9. The number of likely N-dealkylation sites (tertiary alicyclic amines) is 1. The number of amides is 2. The van der Waals surface area contributed by atoms with Gasteiger partial charge in [0.05, 0.1) is 17.3 Å². The minimum atomic E-state index is -0.118. The minimum absolute atomic E-state index is 0.0343. The number of fused-ring (bicyclic) bond motifs is 1. The molecule has 0 spiro atoms. The fraction of sp³-hybridized carbons (Fsp3) is 0.318. The highest BCUT2D eigenvalue weighted by Gasteiger charge is 2.24. The number of hydrogen-bond donors (Lipinski definition) is 1. The smallest absolute Gasteiger partial charge is 0.257 e. The summed E-state index contributed by atoms with van der Waals surface area (Å²) in [4.78, 5) is 27.2. The van der Waals surface area contributed by atoms with Gasteiger partial charge >= 0.3 is 0 Å². The van der Waals surface area contributed by atoms with Gasteiger partial charge in [0.25, 0.3) is 11.8 Å². The van der Waals surface area contributed by atoms with Crippen LogP contribution in [0.1, 0.15) is 46.0 Å². The molecule has 2 amide bonds. The number of benzene rings is 1. The van der Waals surface area contributed by atoms with E-state index < -0.39 is 0 Å². The van der Waals surface area contributed by atoms with Gasteiger partial charge in [-0.1, -0.05) is 25.1 Å². The van der Waals surface area contributed by atoms with E-state index in [2.05, 4.69) is 17.3 Å². The lowest BCUT2D eigenvalue weighted by molar-refractivity contribution is 0.0685. The maximum absolute atomic E-state index is 13.0. The van der Waals surface area contributed by atoms with E-state index in [1.165, 1.54) is 6.42 Å². The van der Waals surface area contributed by atoms with Crippen LogP contribution in [0, 0.1) is 5.92 Å². The van der Waals surface area contributed by atoms with Crippen LogP contribution in [0.25, 0.3) is 5.52 Å². The first kappa shape index (κ1) is 18.2. The molecule has 0 saturated carbocycles. The zero-order valence-corrected chi connectivity index (χ0v) is 16.0. The van der Waals surface area contributed by atoms with Crippen LogP contribution in [0.15, 0.2) is 54.9 Å². The molecule has 2 aromatic heterocycles. The average Bonchev–Trinajstić information content (AvgIpc) is 3.15. The number of carbonyl (C=O) groups is 2. The molecule has 144 valence electrons. The molecule has 1 saturated heterocycles. The Morgan fingerprint density at radius 1 is 1.21 bits per heavy atom. The molecule has 1 aliphatic rings. The molecule has 1 unspecified atom stereocenters. The molecule has 3 aromatic rings. The monoisotopic (exact) mass is 376 g/mol. The summed E-state index contributed by atoms with van der Waals surface area (Å²) in [6.45, 7) is 4.17. The number of nitrogens with one attached hydrogen (secondary N) is 1. The Morgan fingerprint density at radius 2 is 2.04 bits per heavy atom. The molecule has 4 rings (SSSR count). The summed E-state index contributed by atoms with van der Waals surface area (Å²) in [5.41, 5.74) is 2.95. The molecule has 28 heavy (non-hydrogen) atoms. The Kier molecular flexibility index (Phi) is 5.10. The summed E-state index contributed by atoms with van der Waals surface area (Å²) in [5.74, 6) is 0.447. The van der Waals surface area contributed by atoms with Gasteiger partial charge in [-0.25, -0.2) is 4.52 Å². The van der Waals surface area contributed by atoms with Gasteiger partial charge in [-0.15, -0.1) is 0 Å². The van der Waals surface area contributed by atoms with Gasteiger partial charge in [-0.2, -0.15) is 5.10 Å². The Balaban J connectivity index is 1.51. The molecular weight excluding hydrogens is 352 g/mol. The number of piperidine rings is 1. The summed E-state index contributed by atoms with van der Waals surface area (Å²) >= 11 is 0. The maximum atomic E-state index is 13.0. The van der Waals surface area contributed by atoms with Crippen LogP contribution in [-0.4, -0.2) is 39.4 Å². The fourth-order valence-electron chi connectivity index (χ4n) is 3.72. The highest BCUT2D eigenvalue weighted by molar-refractivity contribution is 6.00. The van der Waals surface area contributed by atoms with Gasteiger partial charge in [-0.3, -0.25) is 9.59 Å². The number of carbonyl (C=O) groups excluding carboxylic acids is 2. The van der Waals surface area contributed by atoms with E-state index in [1.54, 1.807) is 22.8 Å². The van der Waals surface area contributed by atoms with Crippen LogP contribution >= 0.6 is 0 Å². The highest BCUT2D eigenvalue weighted by atomic mass is 16.2. The first-order valence-electron chi connectivity index (χ1n) is 9.70. The van der Waals surface area contributed by atoms with Gasteiger partial charge in [-0.05, 0) is 48.6 Å². The lowest BCUT2D eigenvalue weighted by Crippen LogP contribution is -2.39. The zero-order chi connectivity index (χ0) is 19.5. The third-order valence-corrected chi connectivity index (χ3v) is 5.25. The highest BCUT2D eigenvalue weighted by Crippen LogP contribution is 2.20. The molecule has 0 radical (unpaired) electrons. The van der Waals surface area contributed by atoms with Gasteiger partial charge in [0.1, 0.15) is 0 Å². The Labute approximate surface area is 164 Å². The van der Waals surface area contributed by atoms with Crippen LogP contribution in [0.4, 0.5) is 0 Å². The third-order valence-electron chi connectivity index (χ3n) is 5.25. The lowest BCUT2D eigenvalue weighted by Gasteiger charge is -2.30. The second-order valence-electron chi connectivity index (χ2n) is 7.47. The van der Waals surface area contributed by atoms with E-state index >= 15 is 0 Å². The standard InChI is InChI=1S/C22H24N4O2/c1-16-6-5-10-25(15-16)22(28)19-14-24-26-11-9-17(12-20(19)26)13-23-21(27)18-7-3-2-4-8-18/h2-4,7-9,11-12,14,16H,5-6,10,13,15H2,1H3,(H,23,27). The van der Waals surface area contributed by atoms with Crippen molar-refractivity contribution in [2.75, 3.05) is 13.1 Å². The number of aromatic nitrogens is 2. The van der Waals surface area contributed by atoms with Crippen molar-refractivity contribution in [1.82, 2.24) is 19.8 Å². The number of pyridine rings is 1. The number of nitrogens with zero attached hydrogens (tertiary/aromatic N) is 3. The molecule has 1 aliphatic heterocycles. The summed E-state index contributed by atoms with van der Waals surface area (Å²) in [7, 11) is 0.